The van der Waals surface area contributed by atoms with E-state index in [1.807, 2.05) is 84.9 Å². The summed E-state index contributed by atoms with van der Waals surface area (Å²) in [7, 11) is 2.14. The van der Waals surface area contributed by atoms with Gasteiger partial charge in [0.1, 0.15) is 0 Å². The zero-order valence-electron chi connectivity index (χ0n) is 21.3. The Kier molecular flexibility index (Phi) is 7.62. The summed E-state index contributed by atoms with van der Waals surface area (Å²) in [4.78, 5) is 31.6. The van der Waals surface area contributed by atoms with E-state index in [9.17, 15) is 9.59 Å². The number of anilines is 2. The SMILES string of the molecule is CN1CCN(c2cccc(NC(=O)C3C/C(=C\c4ccccc4)C(=O)/C(=C/c4ccccc4)C3)c2)CC1. The number of rotatable bonds is 5. The topological polar surface area (TPSA) is 52.6 Å². The first-order chi connectivity index (χ1) is 18.0. The normalized spacial score (nSPS) is 20.8. The number of piperazine rings is 1. The van der Waals surface area contributed by atoms with Gasteiger partial charge in [0.15, 0.2) is 5.78 Å². The van der Waals surface area contributed by atoms with Crippen molar-refractivity contribution in [2.24, 2.45) is 5.92 Å². The maximum Gasteiger partial charge on any atom is 0.228 e. The number of carbonyl (C=O) groups excluding carboxylic acids is 2. The molecule has 37 heavy (non-hydrogen) atoms. The van der Waals surface area contributed by atoms with E-state index < -0.39 is 0 Å². The fourth-order valence-corrected chi connectivity index (χ4v) is 5.02. The number of amides is 1. The quantitative estimate of drug-likeness (QED) is 0.478. The van der Waals surface area contributed by atoms with E-state index >= 15 is 0 Å². The Bertz CT molecular complexity index is 1240. The first-order valence-corrected chi connectivity index (χ1v) is 13.0. The van der Waals surface area contributed by atoms with Crippen molar-refractivity contribution in [3.05, 3.63) is 107 Å². The summed E-state index contributed by atoms with van der Waals surface area (Å²) in [5.41, 5.74) is 5.19. The number of nitrogens with zero attached hydrogens (tertiary/aromatic N) is 2. The maximum absolute atomic E-state index is 13.5. The fourth-order valence-electron chi connectivity index (χ4n) is 5.02. The van der Waals surface area contributed by atoms with E-state index in [2.05, 4.69) is 34.3 Å². The molecule has 1 saturated heterocycles. The van der Waals surface area contributed by atoms with Crippen molar-refractivity contribution < 1.29 is 9.59 Å². The number of nitrogens with one attached hydrogen (secondary N) is 1. The van der Waals surface area contributed by atoms with Crippen LogP contribution in [0.25, 0.3) is 12.2 Å². The molecule has 2 aliphatic rings. The van der Waals surface area contributed by atoms with E-state index in [1.165, 1.54) is 0 Å². The molecule has 3 aromatic rings. The monoisotopic (exact) mass is 491 g/mol. The van der Waals surface area contributed by atoms with Crippen LogP contribution >= 0.6 is 0 Å². The molecule has 0 atom stereocenters. The van der Waals surface area contributed by atoms with Crippen LogP contribution in [0.5, 0.6) is 0 Å². The zero-order chi connectivity index (χ0) is 25.6. The van der Waals surface area contributed by atoms with Crippen LogP contribution in [0.15, 0.2) is 96.1 Å². The van der Waals surface area contributed by atoms with Gasteiger partial charge in [0.25, 0.3) is 0 Å². The minimum absolute atomic E-state index is 0.0221. The third-order valence-corrected chi connectivity index (χ3v) is 7.15. The van der Waals surface area contributed by atoms with Gasteiger partial charge in [-0.25, -0.2) is 0 Å². The number of hydrogen-bond donors (Lipinski definition) is 1. The number of benzene rings is 3. The third-order valence-electron chi connectivity index (χ3n) is 7.15. The second kappa shape index (κ2) is 11.4. The molecule has 0 radical (unpaired) electrons. The van der Waals surface area contributed by atoms with Crippen LogP contribution in [0.3, 0.4) is 0 Å². The molecule has 5 rings (SSSR count). The molecule has 1 aliphatic heterocycles. The van der Waals surface area contributed by atoms with E-state index in [0.29, 0.717) is 24.0 Å². The minimum Gasteiger partial charge on any atom is -0.369 e. The Labute approximate surface area is 219 Å². The molecule has 188 valence electrons. The van der Waals surface area contributed by atoms with E-state index in [4.69, 9.17) is 0 Å². The van der Waals surface area contributed by atoms with Crippen molar-refractivity contribution in [1.82, 2.24) is 4.90 Å². The second-order valence-corrected chi connectivity index (χ2v) is 9.92. The highest BCUT2D eigenvalue weighted by Crippen LogP contribution is 2.33. The second-order valence-electron chi connectivity index (χ2n) is 9.92. The van der Waals surface area contributed by atoms with Crippen LogP contribution < -0.4 is 10.2 Å². The first kappa shape index (κ1) is 24.7. The average molecular weight is 492 g/mol. The van der Waals surface area contributed by atoms with Gasteiger partial charge in [-0.1, -0.05) is 66.7 Å². The molecule has 1 saturated carbocycles. The molecule has 5 nitrogen and oxygen atoms in total. The van der Waals surface area contributed by atoms with E-state index in [0.717, 1.165) is 48.7 Å². The van der Waals surface area contributed by atoms with Gasteiger partial charge in [-0.3, -0.25) is 9.59 Å². The number of likely N-dealkylation sites (N-methyl/N-ethyl adjacent to an activating group) is 1. The molecule has 5 heteroatoms. The predicted octanol–water partition coefficient (Wildman–Crippen LogP) is 5.52. The van der Waals surface area contributed by atoms with Gasteiger partial charge in [-0.15, -0.1) is 0 Å². The van der Waals surface area contributed by atoms with Crippen molar-refractivity contribution in [2.75, 3.05) is 43.4 Å². The Morgan fingerprint density at radius 1 is 0.784 bits per heavy atom. The highest BCUT2D eigenvalue weighted by Gasteiger charge is 2.32. The largest absolute Gasteiger partial charge is 0.369 e. The average Bonchev–Trinajstić information content (AvgIpc) is 2.92. The Morgan fingerprint density at radius 2 is 1.35 bits per heavy atom. The van der Waals surface area contributed by atoms with Crippen LogP contribution in [0.1, 0.15) is 24.0 Å². The van der Waals surface area contributed by atoms with Crippen LogP contribution in [0, 0.1) is 5.92 Å². The number of Topliss-reactive ketones (excluding diaryl/α,β-unsaturated/α-hetero) is 1. The molecule has 2 fully saturated rings. The molecule has 3 aromatic carbocycles. The molecular weight excluding hydrogens is 458 g/mol. The highest BCUT2D eigenvalue weighted by atomic mass is 16.2. The summed E-state index contributed by atoms with van der Waals surface area (Å²) in [6.07, 6.45) is 4.69. The predicted molar refractivity (Wildman–Crippen MR) is 151 cm³/mol. The third kappa shape index (κ3) is 6.25. The van der Waals surface area contributed by atoms with E-state index in [1.54, 1.807) is 0 Å². The summed E-state index contributed by atoms with van der Waals surface area (Å²) in [6.45, 7) is 4.00. The highest BCUT2D eigenvalue weighted by molar-refractivity contribution is 6.15. The smallest absolute Gasteiger partial charge is 0.228 e. The summed E-state index contributed by atoms with van der Waals surface area (Å²) in [6, 6.07) is 27.7. The number of allylic oxidation sites excluding steroid dienone is 2. The molecular formula is C32H33N3O2. The Balaban J connectivity index is 1.38. The minimum atomic E-state index is -0.324. The van der Waals surface area contributed by atoms with Gasteiger partial charge >= 0.3 is 0 Å². The number of hydrogen-bond acceptors (Lipinski definition) is 4. The van der Waals surface area contributed by atoms with Gasteiger partial charge in [-0.05, 0) is 61.4 Å². The van der Waals surface area contributed by atoms with Crippen molar-refractivity contribution in [1.29, 1.82) is 0 Å². The molecule has 0 bridgehead atoms. The van der Waals surface area contributed by atoms with Gasteiger partial charge < -0.3 is 15.1 Å². The summed E-state index contributed by atoms with van der Waals surface area (Å²) in [5.74, 6) is -0.357. The zero-order valence-corrected chi connectivity index (χ0v) is 21.3. The van der Waals surface area contributed by atoms with Gasteiger partial charge in [0, 0.05) is 54.6 Å². The van der Waals surface area contributed by atoms with Crippen LogP contribution in [-0.4, -0.2) is 49.8 Å². The van der Waals surface area contributed by atoms with Crippen molar-refractivity contribution in [3.63, 3.8) is 0 Å². The molecule has 0 unspecified atom stereocenters. The van der Waals surface area contributed by atoms with Gasteiger partial charge in [-0.2, -0.15) is 0 Å². The molecule has 0 aromatic heterocycles. The summed E-state index contributed by atoms with van der Waals surface area (Å²) in [5, 5.41) is 3.14. The molecule has 1 N–H and O–H groups in total. The van der Waals surface area contributed by atoms with Gasteiger partial charge in [0.2, 0.25) is 5.91 Å². The van der Waals surface area contributed by atoms with Crippen LogP contribution in [0.2, 0.25) is 0 Å². The molecule has 1 amide bonds. The summed E-state index contributed by atoms with van der Waals surface area (Å²) >= 11 is 0. The molecule has 1 aliphatic carbocycles. The fraction of sp³-hybridized carbons (Fsp3) is 0.250. The lowest BCUT2D eigenvalue weighted by Gasteiger charge is -2.34. The standard InChI is InChI=1S/C32H33N3O2/c1-34-15-17-35(18-16-34)30-14-8-13-29(23-30)33-32(37)28-21-26(19-24-9-4-2-5-10-24)31(36)27(22-28)20-25-11-6-3-7-12-25/h2-14,19-20,23,28H,15-18,21-22H2,1H3,(H,33,37)/b26-19+,27-20+. The van der Waals surface area contributed by atoms with Crippen molar-refractivity contribution in [2.45, 2.75) is 12.8 Å². The molecule has 1 heterocycles. The lowest BCUT2D eigenvalue weighted by Crippen LogP contribution is -2.44. The Morgan fingerprint density at radius 3 is 1.92 bits per heavy atom. The number of carbonyl (C=O) groups is 2. The van der Waals surface area contributed by atoms with Crippen LogP contribution in [-0.2, 0) is 9.59 Å². The van der Waals surface area contributed by atoms with E-state index in [-0.39, 0.29) is 17.6 Å². The maximum atomic E-state index is 13.5. The van der Waals surface area contributed by atoms with Crippen molar-refractivity contribution >= 4 is 35.2 Å². The lowest BCUT2D eigenvalue weighted by atomic mass is 9.79. The summed E-state index contributed by atoms with van der Waals surface area (Å²) < 4.78 is 0. The van der Waals surface area contributed by atoms with Gasteiger partial charge in [0.05, 0.1) is 0 Å². The number of ketones is 1. The Hall–Kier alpha value is -3.96. The van der Waals surface area contributed by atoms with Crippen LogP contribution in [0.4, 0.5) is 11.4 Å². The van der Waals surface area contributed by atoms with Crippen molar-refractivity contribution in [3.8, 4) is 0 Å². The first-order valence-electron chi connectivity index (χ1n) is 13.0. The molecule has 0 spiro atoms. The lowest BCUT2D eigenvalue weighted by molar-refractivity contribution is -0.120.